The van der Waals surface area contributed by atoms with E-state index in [2.05, 4.69) is 20.4 Å². The van der Waals surface area contributed by atoms with Crippen molar-refractivity contribution in [2.24, 2.45) is 0 Å². The molecule has 1 N–H and O–H groups in total. The van der Waals surface area contributed by atoms with E-state index in [1.165, 1.54) is 6.08 Å². The van der Waals surface area contributed by atoms with E-state index in [1.807, 2.05) is 54.6 Å². The highest BCUT2D eigenvalue weighted by molar-refractivity contribution is 6.32. The lowest BCUT2D eigenvalue weighted by Crippen LogP contribution is -2.10. The van der Waals surface area contributed by atoms with Crippen LogP contribution in [0.5, 0.6) is 0 Å². The molecule has 4 rings (SSSR count). The lowest BCUT2D eigenvalue weighted by molar-refractivity contribution is -0.111. The molecule has 6 nitrogen and oxygen atoms in total. The SMILES string of the molecule is O=C(C=Cc1ccccc1Cl)Nc1ccccc1Cc1nc(-c2cccnc2)no1. The van der Waals surface area contributed by atoms with Crippen LogP contribution in [0.25, 0.3) is 17.5 Å². The van der Waals surface area contributed by atoms with Gasteiger partial charge in [-0.25, -0.2) is 0 Å². The van der Waals surface area contributed by atoms with Crippen molar-refractivity contribution >= 4 is 29.3 Å². The molecular weight excluding hydrogens is 400 g/mol. The molecule has 1 amide bonds. The molecule has 0 aliphatic carbocycles. The van der Waals surface area contributed by atoms with Gasteiger partial charge in [-0.3, -0.25) is 9.78 Å². The normalized spacial score (nSPS) is 11.0. The zero-order valence-electron chi connectivity index (χ0n) is 15.8. The average molecular weight is 417 g/mol. The van der Waals surface area contributed by atoms with Crippen molar-refractivity contribution in [3.63, 3.8) is 0 Å². The van der Waals surface area contributed by atoms with Gasteiger partial charge < -0.3 is 9.84 Å². The van der Waals surface area contributed by atoms with E-state index in [4.69, 9.17) is 16.1 Å². The number of carbonyl (C=O) groups is 1. The predicted molar refractivity (Wildman–Crippen MR) is 116 cm³/mol. The lowest BCUT2D eigenvalue weighted by Gasteiger charge is -2.08. The van der Waals surface area contributed by atoms with Crippen molar-refractivity contribution in [3.05, 3.63) is 101 Å². The monoisotopic (exact) mass is 416 g/mol. The summed E-state index contributed by atoms with van der Waals surface area (Å²) in [5.74, 6) is 0.661. The smallest absolute Gasteiger partial charge is 0.248 e. The molecule has 0 spiro atoms. The highest BCUT2D eigenvalue weighted by Crippen LogP contribution is 2.21. The summed E-state index contributed by atoms with van der Waals surface area (Å²) in [6.45, 7) is 0. The van der Waals surface area contributed by atoms with Gasteiger partial charge in [-0.1, -0.05) is 53.2 Å². The molecule has 0 unspecified atom stereocenters. The average Bonchev–Trinajstić information content (AvgIpc) is 3.24. The topological polar surface area (TPSA) is 80.9 Å². The van der Waals surface area contributed by atoms with Crippen LogP contribution in [0, 0.1) is 0 Å². The Kier molecular flexibility index (Phi) is 5.96. The minimum Gasteiger partial charge on any atom is -0.339 e. The van der Waals surface area contributed by atoms with Crippen LogP contribution in [-0.2, 0) is 11.2 Å². The number of nitrogens with one attached hydrogen (secondary N) is 1. The first-order chi connectivity index (χ1) is 14.7. The van der Waals surface area contributed by atoms with Crippen molar-refractivity contribution < 1.29 is 9.32 Å². The molecule has 0 bridgehead atoms. The van der Waals surface area contributed by atoms with Gasteiger partial charge in [-0.15, -0.1) is 0 Å². The fourth-order valence-electron chi connectivity index (χ4n) is 2.85. The Hall–Kier alpha value is -3.77. The Morgan fingerprint density at radius 2 is 1.90 bits per heavy atom. The quantitative estimate of drug-likeness (QED) is 0.446. The van der Waals surface area contributed by atoms with Crippen molar-refractivity contribution in [2.45, 2.75) is 6.42 Å². The summed E-state index contributed by atoms with van der Waals surface area (Å²) < 4.78 is 5.37. The van der Waals surface area contributed by atoms with E-state index < -0.39 is 0 Å². The van der Waals surface area contributed by atoms with Gasteiger partial charge in [0.15, 0.2) is 0 Å². The summed E-state index contributed by atoms with van der Waals surface area (Å²) in [5.41, 5.74) is 3.08. The number of carbonyl (C=O) groups excluding carboxylic acids is 1. The number of benzene rings is 2. The van der Waals surface area contributed by atoms with Crippen molar-refractivity contribution in [3.8, 4) is 11.4 Å². The number of hydrogen-bond donors (Lipinski definition) is 1. The molecule has 0 aliphatic rings. The molecule has 0 fully saturated rings. The maximum absolute atomic E-state index is 12.4. The molecule has 0 saturated carbocycles. The molecule has 2 heterocycles. The third kappa shape index (κ3) is 4.79. The summed E-state index contributed by atoms with van der Waals surface area (Å²) in [4.78, 5) is 20.9. The molecular formula is C23H17ClN4O2. The van der Waals surface area contributed by atoms with Crippen LogP contribution in [0.1, 0.15) is 17.0 Å². The van der Waals surface area contributed by atoms with Gasteiger partial charge in [-0.05, 0) is 41.5 Å². The zero-order chi connectivity index (χ0) is 20.8. The number of rotatable bonds is 6. The molecule has 0 saturated heterocycles. The standard InChI is InChI=1S/C23H17ClN4O2/c24-19-9-3-1-6-16(19)11-12-21(29)26-20-10-4-2-7-17(20)14-22-27-23(28-30-22)18-8-5-13-25-15-18/h1-13,15H,14H2,(H,26,29). The van der Waals surface area contributed by atoms with E-state index in [0.29, 0.717) is 28.8 Å². The van der Waals surface area contributed by atoms with Gasteiger partial charge >= 0.3 is 0 Å². The Balaban J connectivity index is 1.47. The number of amides is 1. The molecule has 4 aromatic rings. The number of hydrogen-bond acceptors (Lipinski definition) is 5. The van der Waals surface area contributed by atoms with Crippen LogP contribution < -0.4 is 5.32 Å². The van der Waals surface area contributed by atoms with Crippen LogP contribution in [0.15, 0.2) is 83.7 Å². The third-order valence-electron chi connectivity index (χ3n) is 4.32. The van der Waals surface area contributed by atoms with Gasteiger partial charge in [0.05, 0.1) is 6.42 Å². The number of pyridine rings is 1. The van der Waals surface area contributed by atoms with Crippen molar-refractivity contribution in [1.82, 2.24) is 15.1 Å². The van der Waals surface area contributed by atoms with E-state index in [1.54, 1.807) is 24.5 Å². The molecule has 2 aromatic carbocycles. The van der Waals surface area contributed by atoms with Crippen LogP contribution in [0.2, 0.25) is 5.02 Å². The van der Waals surface area contributed by atoms with Crippen molar-refractivity contribution in [2.75, 3.05) is 5.32 Å². The van der Waals surface area contributed by atoms with Gasteiger partial charge in [0.2, 0.25) is 17.6 Å². The number of halogens is 1. The maximum atomic E-state index is 12.4. The number of para-hydroxylation sites is 1. The maximum Gasteiger partial charge on any atom is 0.248 e. The Bertz CT molecular complexity index is 1190. The van der Waals surface area contributed by atoms with Crippen LogP contribution in [0.4, 0.5) is 5.69 Å². The second kappa shape index (κ2) is 9.15. The van der Waals surface area contributed by atoms with Gasteiger partial charge in [0.1, 0.15) is 0 Å². The molecule has 2 aromatic heterocycles. The van der Waals surface area contributed by atoms with Gasteiger partial charge in [0, 0.05) is 34.7 Å². The molecule has 7 heteroatoms. The Morgan fingerprint density at radius 1 is 1.07 bits per heavy atom. The largest absolute Gasteiger partial charge is 0.339 e. The molecule has 0 atom stereocenters. The summed E-state index contributed by atoms with van der Waals surface area (Å²) in [6.07, 6.45) is 6.87. The second-order valence-corrected chi connectivity index (χ2v) is 6.84. The van der Waals surface area contributed by atoms with E-state index in [0.717, 1.165) is 16.7 Å². The Labute approximate surface area is 178 Å². The molecule has 0 aliphatic heterocycles. The van der Waals surface area contributed by atoms with Crippen LogP contribution >= 0.6 is 11.6 Å². The first-order valence-corrected chi connectivity index (χ1v) is 9.61. The van der Waals surface area contributed by atoms with E-state index in [-0.39, 0.29) is 5.91 Å². The van der Waals surface area contributed by atoms with E-state index in [9.17, 15) is 4.79 Å². The second-order valence-electron chi connectivity index (χ2n) is 6.43. The third-order valence-corrected chi connectivity index (χ3v) is 4.67. The highest BCUT2D eigenvalue weighted by atomic mass is 35.5. The van der Waals surface area contributed by atoms with Crippen LogP contribution in [-0.4, -0.2) is 21.0 Å². The fourth-order valence-corrected chi connectivity index (χ4v) is 3.05. The summed E-state index contributed by atoms with van der Waals surface area (Å²) in [5, 5.41) is 7.48. The minimum atomic E-state index is -0.260. The molecule has 30 heavy (non-hydrogen) atoms. The van der Waals surface area contributed by atoms with Gasteiger partial charge in [-0.2, -0.15) is 4.98 Å². The van der Waals surface area contributed by atoms with Crippen molar-refractivity contribution in [1.29, 1.82) is 0 Å². The van der Waals surface area contributed by atoms with Gasteiger partial charge in [0.25, 0.3) is 0 Å². The highest BCUT2D eigenvalue weighted by Gasteiger charge is 2.12. The summed E-state index contributed by atoms with van der Waals surface area (Å²) in [6, 6.07) is 18.5. The number of anilines is 1. The zero-order valence-corrected chi connectivity index (χ0v) is 16.6. The predicted octanol–water partition coefficient (Wildman–Crippen LogP) is 5.03. The fraction of sp³-hybridized carbons (Fsp3) is 0.0435. The molecule has 148 valence electrons. The number of nitrogens with zero attached hydrogens (tertiary/aromatic N) is 3. The number of aromatic nitrogens is 3. The Morgan fingerprint density at radius 3 is 2.73 bits per heavy atom. The molecule has 0 radical (unpaired) electrons. The van der Waals surface area contributed by atoms with Crippen LogP contribution in [0.3, 0.4) is 0 Å². The summed E-state index contributed by atoms with van der Waals surface area (Å²) >= 11 is 6.12. The first kappa shape index (κ1) is 19.5. The lowest BCUT2D eigenvalue weighted by atomic mass is 10.1. The summed E-state index contributed by atoms with van der Waals surface area (Å²) in [7, 11) is 0. The minimum absolute atomic E-state index is 0.260. The van der Waals surface area contributed by atoms with E-state index >= 15 is 0 Å². The first-order valence-electron chi connectivity index (χ1n) is 9.23.